The van der Waals surface area contributed by atoms with Gasteiger partial charge in [-0.2, -0.15) is 0 Å². The summed E-state index contributed by atoms with van der Waals surface area (Å²) >= 11 is 7.14. The lowest BCUT2D eigenvalue weighted by Gasteiger charge is -2.31. The minimum atomic E-state index is -3.08. The van der Waals surface area contributed by atoms with Gasteiger partial charge in [0.15, 0.2) is 0 Å². The van der Waals surface area contributed by atoms with Crippen molar-refractivity contribution >= 4 is 47.6 Å². The van der Waals surface area contributed by atoms with Crippen LogP contribution < -0.4 is 5.32 Å². The summed E-state index contributed by atoms with van der Waals surface area (Å²) in [5.74, 6) is 0.341. The number of nitrogens with one attached hydrogen (secondary N) is 1. The largest absolute Gasteiger partial charge is 0.383 e. The molecular formula is C14H20Br2N2O2S. The van der Waals surface area contributed by atoms with Gasteiger partial charge in [-0.15, -0.1) is 0 Å². The van der Waals surface area contributed by atoms with Crippen LogP contribution in [0.5, 0.6) is 0 Å². The maximum Gasteiger partial charge on any atom is 0.211 e. The maximum atomic E-state index is 11.6. The summed E-state index contributed by atoms with van der Waals surface area (Å²) in [6.07, 6.45) is 3.27. The first kappa shape index (κ1) is 17.2. The first-order valence-corrected chi connectivity index (χ1v) is 10.4. The van der Waals surface area contributed by atoms with E-state index in [2.05, 4.69) is 49.3 Å². The van der Waals surface area contributed by atoms with Gasteiger partial charge in [-0.3, -0.25) is 0 Å². The van der Waals surface area contributed by atoms with E-state index in [1.807, 2.05) is 6.92 Å². The molecule has 1 N–H and O–H groups in total. The zero-order valence-corrected chi connectivity index (χ0v) is 16.2. The van der Waals surface area contributed by atoms with E-state index in [0.29, 0.717) is 19.0 Å². The van der Waals surface area contributed by atoms with Gasteiger partial charge >= 0.3 is 0 Å². The van der Waals surface area contributed by atoms with E-state index < -0.39 is 10.0 Å². The minimum Gasteiger partial charge on any atom is -0.383 e. The van der Waals surface area contributed by atoms with Crippen LogP contribution in [0, 0.1) is 12.8 Å². The summed E-state index contributed by atoms with van der Waals surface area (Å²) in [4.78, 5) is 0. The number of anilines is 1. The van der Waals surface area contributed by atoms with Crippen LogP contribution in [0.2, 0.25) is 0 Å². The highest BCUT2D eigenvalue weighted by molar-refractivity contribution is 9.11. The fourth-order valence-electron chi connectivity index (χ4n) is 2.61. The third-order valence-corrected chi connectivity index (χ3v) is 6.23. The van der Waals surface area contributed by atoms with E-state index in [-0.39, 0.29) is 0 Å². The second-order valence-corrected chi connectivity index (χ2v) is 9.30. The molecule has 4 nitrogen and oxygen atoms in total. The first-order valence-electron chi connectivity index (χ1n) is 6.92. The van der Waals surface area contributed by atoms with Crippen molar-refractivity contribution in [1.82, 2.24) is 4.31 Å². The minimum absolute atomic E-state index is 0.341. The third-order valence-electron chi connectivity index (χ3n) is 3.70. The molecule has 2 rings (SSSR count). The Labute approximate surface area is 143 Å². The number of nitrogens with zero attached hydrogens (tertiary/aromatic N) is 1. The van der Waals surface area contributed by atoms with Crippen LogP contribution in [0.4, 0.5) is 5.69 Å². The van der Waals surface area contributed by atoms with E-state index >= 15 is 0 Å². The molecule has 0 aliphatic carbocycles. The van der Waals surface area contributed by atoms with E-state index in [1.165, 1.54) is 11.8 Å². The summed E-state index contributed by atoms with van der Waals surface area (Å²) in [7, 11) is -3.08. The average molecular weight is 440 g/mol. The summed E-state index contributed by atoms with van der Waals surface area (Å²) in [5, 5.41) is 3.43. The number of benzene rings is 1. The molecule has 1 heterocycles. The van der Waals surface area contributed by atoms with E-state index in [4.69, 9.17) is 0 Å². The fourth-order valence-corrected chi connectivity index (χ4v) is 5.25. The highest BCUT2D eigenvalue weighted by atomic mass is 79.9. The van der Waals surface area contributed by atoms with Gasteiger partial charge in [-0.1, -0.05) is 0 Å². The molecular weight excluding hydrogens is 420 g/mol. The second-order valence-electron chi connectivity index (χ2n) is 5.61. The normalized spacial score (nSPS) is 20.5. The van der Waals surface area contributed by atoms with Crippen molar-refractivity contribution < 1.29 is 8.42 Å². The lowest BCUT2D eigenvalue weighted by atomic mass is 9.99. The lowest BCUT2D eigenvalue weighted by molar-refractivity contribution is 0.277. The van der Waals surface area contributed by atoms with Gasteiger partial charge in [0, 0.05) is 28.6 Å². The lowest BCUT2D eigenvalue weighted by Crippen LogP contribution is -2.41. The monoisotopic (exact) mass is 438 g/mol. The molecule has 1 aliphatic heterocycles. The van der Waals surface area contributed by atoms with Crippen LogP contribution >= 0.6 is 31.9 Å². The van der Waals surface area contributed by atoms with Gasteiger partial charge < -0.3 is 5.32 Å². The molecule has 0 radical (unpaired) electrons. The third kappa shape index (κ3) is 4.68. The Bertz CT molecular complexity index is 596. The quantitative estimate of drug-likeness (QED) is 0.779. The predicted molar refractivity (Wildman–Crippen MR) is 94.2 cm³/mol. The van der Waals surface area contributed by atoms with Crippen LogP contribution in [0.25, 0.3) is 0 Å². The molecule has 0 spiro atoms. The molecule has 1 atom stereocenters. The van der Waals surface area contributed by atoms with Crippen LogP contribution in [0.15, 0.2) is 21.1 Å². The molecule has 1 saturated heterocycles. The average Bonchev–Trinajstić information content (AvgIpc) is 2.36. The van der Waals surface area contributed by atoms with Gasteiger partial charge in [0.2, 0.25) is 10.0 Å². The summed E-state index contributed by atoms with van der Waals surface area (Å²) in [6.45, 7) is 4.07. The number of hydrogen-bond acceptors (Lipinski definition) is 3. The molecule has 0 bridgehead atoms. The second kappa shape index (κ2) is 6.98. The Morgan fingerprint density at radius 3 is 2.52 bits per heavy atom. The van der Waals surface area contributed by atoms with E-state index in [1.54, 1.807) is 4.31 Å². The number of halogens is 2. The zero-order valence-electron chi connectivity index (χ0n) is 12.2. The van der Waals surface area contributed by atoms with Crippen molar-refractivity contribution in [1.29, 1.82) is 0 Å². The van der Waals surface area contributed by atoms with Gasteiger partial charge in [0.05, 0.1) is 11.9 Å². The Morgan fingerprint density at radius 2 is 1.95 bits per heavy atom. The van der Waals surface area contributed by atoms with Crippen molar-refractivity contribution in [3.63, 3.8) is 0 Å². The number of aryl methyl sites for hydroxylation is 1. The maximum absolute atomic E-state index is 11.6. The van der Waals surface area contributed by atoms with Crippen LogP contribution in [-0.2, 0) is 10.0 Å². The molecule has 7 heteroatoms. The molecule has 21 heavy (non-hydrogen) atoms. The Hall–Kier alpha value is -0.110. The first-order chi connectivity index (χ1) is 9.77. The van der Waals surface area contributed by atoms with Gasteiger partial charge in [0.25, 0.3) is 0 Å². The molecule has 0 amide bonds. The highest BCUT2D eigenvalue weighted by Crippen LogP contribution is 2.32. The van der Waals surface area contributed by atoms with Gasteiger partial charge in [0.1, 0.15) is 0 Å². The number of hydrogen-bond donors (Lipinski definition) is 1. The number of rotatable bonds is 4. The van der Waals surface area contributed by atoms with Crippen molar-refractivity contribution in [2.75, 3.05) is 31.2 Å². The zero-order chi connectivity index (χ0) is 15.6. The SMILES string of the molecule is Cc1cc(Br)c(NCC2CCCN(S(C)(=O)=O)C2)c(Br)c1. The molecule has 1 aromatic rings. The number of sulfonamides is 1. The van der Waals surface area contributed by atoms with Crippen molar-refractivity contribution in [2.45, 2.75) is 19.8 Å². The van der Waals surface area contributed by atoms with Gasteiger partial charge in [-0.25, -0.2) is 12.7 Å². The molecule has 0 aromatic heterocycles. The fraction of sp³-hybridized carbons (Fsp3) is 0.571. The molecule has 1 aromatic carbocycles. The van der Waals surface area contributed by atoms with Crippen molar-refractivity contribution in [3.05, 3.63) is 26.6 Å². The van der Waals surface area contributed by atoms with Crippen LogP contribution in [0.3, 0.4) is 0 Å². The summed E-state index contributed by atoms with van der Waals surface area (Å²) in [5.41, 5.74) is 2.21. The molecule has 1 aliphatic rings. The Balaban J connectivity index is 2.00. The topological polar surface area (TPSA) is 49.4 Å². The molecule has 1 unspecified atom stereocenters. The van der Waals surface area contributed by atoms with Crippen LogP contribution in [0.1, 0.15) is 18.4 Å². The summed E-state index contributed by atoms with van der Waals surface area (Å²) in [6, 6.07) is 4.13. The molecule has 0 saturated carbocycles. The molecule has 118 valence electrons. The van der Waals surface area contributed by atoms with E-state index in [0.717, 1.165) is 34.0 Å². The summed E-state index contributed by atoms with van der Waals surface area (Å²) < 4.78 is 26.9. The highest BCUT2D eigenvalue weighted by Gasteiger charge is 2.25. The Morgan fingerprint density at radius 1 is 1.33 bits per heavy atom. The Kier molecular flexibility index (Phi) is 5.73. The van der Waals surface area contributed by atoms with Crippen molar-refractivity contribution in [3.8, 4) is 0 Å². The number of piperidine rings is 1. The van der Waals surface area contributed by atoms with Crippen LogP contribution in [-0.4, -0.2) is 38.6 Å². The van der Waals surface area contributed by atoms with E-state index in [9.17, 15) is 8.42 Å². The smallest absolute Gasteiger partial charge is 0.211 e. The van der Waals surface area contributed by atoms with Crippen molar-refractivity contribution in [2.24, 2.45) is 5.92 Å². The molecule has 1 fully saturated rings. The predicted octanol–water partition coefficient (Wildman–Crippen LogP) is 3.60. The standard InChI is InChI=1S/C14H20Br2N2O2S/c1-10-6-12(15)14(13(16)7-10)17-8-11-4-3-5-18(9-11)21(2,19)20/h6-7,11,17H,3-5,8-9H2,1-2H3. The van der Waals surface area contributed by atoms with Gasteiger partial charge in [-0.05, 0) is 75.2 Å².